The van der Waals surface area contributed by atoms with Crippen LogP contribution in [-0.2, 0) is 20.0 Å². The predicted molar refractivity (Wildman–Crippen MR) is 156 cm³/mol. The molecule has 2 aromatic heterocycles. The second-order valence-corrected chi connectivity index (χ2v) is 9.93. The summed E-state index contributed by atoms with van der Waals surface area (Å²) in [6.45, 7) is 5.15. The fourth-order valence-electron chi connectivity index (χ4n) is 5.33. The summed E-state index contributed by atoms with van der Waals surface area (Å²) in [7, 11) is 3.79. The van der Waals surface area contributed by atoms with Crippen LogP contribution in [0.3, 0.4) is 0 Å². The third-order valence-corrected chi connectivity index (χ3v) is 7.36. The number of nitrogens with zero attached hydrogens (tertiary/aromatic N) is 4. The summed E-state index contributed by atoms with van der Waals surface area (Å²) >= 11 is 0. The Bertz CT molecular complexity index is 1740. The zero-order valence-corrected chi connectivity index (χ0v) is 22.4. The first kappa shape index (κ1) is 24.0. The van der Waals surface area contributed by atoms with Crippen molar-refractivity contribution in [2.75, 3.05) is 7.11 Å². The van der Waals surface area contributed by atoms with Crippen LogP contribution in [0, 0.1) is 6.92 Å². The fourth-order valence-corrected chi connectivity index (χ4v) is 5.33. The highest BCUT2D eigenvalue weighted by Crippen LogP contribution is 2.31. The molecule has 0 spiro atoms. The van der Waals surface area contributed by atoms with Gasteiger partial charge >= 0.3 is 0 Å². The van der Waals surface area contributed by atoms with Gasteiger partial charge in [-0.15, -0.1) is 0 Å². The lowest BCUT2D eigenvalue weighted by Gasteiger charge is -2.12. The second kappa shape index (κ2) is 9.82. The van der Waals surface area contributed by atoms with E-state index >= 15 is 0 Å². The van der Waals surface area contributed by atoms with E-state index in [0.29, 0.717) is 0 Å². The van der Waals surface area contributed by atoms with Crippen LogP contribution in [-0.4, -0.2) is 26.2 Å². The number of imidazole rings is 2. The molecule has 190 valence electrons. The maximum atomic E-state index is 5.30. The third kappa shape index (κ3) is 4.24. The Hall–Kier alpha value is -4.38. The molecular weight excluding hydrogens is 468 g/mol. The Morgan fingerprint density at radius 3 is 2.18 bits per heavy atom. The van der Waals surface area contributed by atoms with Crippen LogP contribution >= 0.6 is 0 Å². The molecule has 0 N–H and O–H groups in total. The number of para-hydroxylation sites is 2. The molecule has 0 aliphatic carbocycles. The van der Waals surface area contributed by atoms with Crippen molar-refractivity contribution in [2.45, 2.75) is 33.2 Å². The van der Waals surface area contributed by atoms with Crippen molar-refractivity contribution in [1.82, 2.24) is 19.1 Å². The molecule has 0 saturated carbocycles. The van der Waals surface area contributed by atoms with Gasteiger partial charge in [-0.1, -0.05) is 55.5 Å². The maximum Gasteiger partial charge on any atom is 0.140 e. The molecule has 0 aliphatic rings. The van der Waals surface area contributed by atoms with Gasteiger partial charge in [0.25, 0.3) is 0 Å². The van der Waals surface area contributed by atoms with Gasteiger partial charge < -0.3 is 13.9 Å². The fraction of sp³-hybridized carbons (Fsp3) is 0.212. The molecule has 0 fully saturated rings. The Morgan fingerprint density at radius 2 is 1.50 bits per heavy atom. The average Bonchev–Trinajstić information content (AvgIpc) is 3.47. The minimum absolute atomic E-state index is 0.778. The van der Waals surface area contributed by atoms with E-state index in [4.69, 9.17) is 14.7 Å². The smallest absolute Gasteiger partial charge is 0.140 e. The van der Waals surface area contributed by atoms with Crippen LogP contribution in [0.1, 0.15) is 30.3 Å². The first-order valence-electron chi connectivity index (χ1n) is 13.2. The number of fused-ring (bicyclic) bond motifs is 2. The molecule has 5 nitrogen and oxygen atoms in total. The molecule has 0 unspecified atom stereocenters. The second-order valence-electron chi connectivity index (χ2n) is 9.93. The lowest BCUT2D eigenvalue weighted by molar-refractivity contribution is 0.415. The molecule has 6 aromatic rings. The lowest BCUT2D eigenvalue weighted by Crippen LogP contribution is -2.05. The number of benzene rings is 4. The van der Waals surface area contributed by atoms with Gasteiger partial charge in [-0.05, 0) is 72.0 Å². The van der Waals surface area contributed by atoms with Gasteiger partial charge in [-0.25, -0.2) is 9.97 Å². The van der Waals surface area contributed by atoms with Crippen LogP contribution in [0.5, 0.6) is 5.75 Å². The predicted octanol–water partition coefficient (Wildman–Crippen LogP) is 7.57. The molecule has 4 aromatic carbocycles. The van der Waals surface area contributed by atoms with Crippen LogP contribution < -0.4 is 4.74 Å². The molecule has 0 aliphatic heterocycles. The highest BCUT2D eigenvalue weighted by Gasteiger charge is 2.17. The van der Waals surface area contributed by atoms with E-state index in [1.807, 2.05) is 18.2 Å². The molecule has 0 bridgehead atoms. The number of ether oxygens (including phenoxy) is 1. The topological polar surface area (TPSA) is 44.9 Å². The van der Waals surface area contributed by atoms with Crippen molar-refractivity contribution in [3.05, 3.63) is 102 Å². The van der Waals surface area contributed by atoms with E-state index in [0.717, 1.165) is 64.4 Å². The number of rotatable bonds is 7. The summed E-state index contributed by atoms with van der Waals surface area (Å²) in [6, 6.07) is 29.8. The monoisotopic (exact) mass is 500 g/mol. The number of methoxy groups -OCH3 is 1. The van der Waals surface area contributed by atoms with Gasteiger partial charge in [0, 0.05) is 25.6 Å². The van der Waals surface area contributed by atoms with Crippen molar-refractivity contribution < 1.29 is 4.74 Å². The molecule has 0 radical (unpaired) electrons. The Kier molecular flexibility index (Phi) is 6.20. The van der Waals surface area contributed by atoms with Crippen molar-refractivity contribution in [2.24, 2.45) is 7.05 Å². The van der Waals surface area contributed by atoms with Crippen LogP contribution in [0.2, 0.25) is 0 Å². The minimum atomic E-state index is 0.778. The van der Waals surface area contributed by atoms with Crippen molar-refractivity contribution in [1.29, 1.82) is 0 Å². The number of hydrogen-bond donors (Lipinski definition) is 0. The van der Waals surface area contributed by atoms with E-state index in [1.165, 1.54) is 22.3 Å². The molecule has 0 atom stereocenters. The summed E-state index contributed by atoms with van der Waals surface area (Å²) in [5.41, 5.74) is 10.3. The van der Waals surface area contributed by atoms with E-state index in [2.05, 4.69) is 96.8 Å². The molecule has 5 heteroatoms. The first-order chi connectivity index (χ1) is 18.6. The molecule has 0 amide bonds. The van der Waals surface area contributed by atoms with Gasteiger partial charge in [0.1, 0.15) is 17.4 Å². The van der Waals surface area contributed by atoms with E-state index in [-0.39, 0.29) is 0 Å². The maximum absolute atomic E-state index is 5.30. The van der Waals surface area contributed by atoms with Gasteiger partial charge in [-0.3, -0.25) is 0 Å². The normalized spacial score (nSPS) is 11.5. The molecule has 0 saturated heterocycles. The van der Waals surface area contributed by atoms with Gasteiger partial charge in [0.05, 0.1) is 29.2 Å². The van der Waals surface area contributed by atoms with E-state index in [1.54, 1.807) is 7.11 Å². The van der Waals surface area contributed by atoms with Crippen LogP contribution in [0.25, 0.3) is 44.6 Å². The molecule has 6 rings (SSSR count). The summed E-state index contributed by atoms with van der Waals surface area (Å²) in [5.74, 6) is 2.98. The number of hydrogen-bond acceptors (Lipinski definition) is 3. The van der Waals surface area contributed by atoms with Gasteiger partial charge in [0.2, 0.25) is 0 Å². The largest absolute Gasteiger partial charge is 0.497 e. The molecular formula is C33H32N4O. The van der Waals surface area contributed by atoms with Crippen molar-refractivity contribution in [3.8, 4) is 28.3 Å². The zero-order valence-electron chi connectivity index (χ0n) is 22.4. The SMILES string of the molecule is CCCc1nc2c(C)cc(-c3nc4ccccc4n3C)cc2n1Cc1ccc(-c2ccc(OC)cc2)cc1. The van der Waals surface area contributed by atoms with Gasteiger partial charge in [-0.2, -0.15) is 0 Å². The quantitative estimate of drug-likeness (QED) is 0.227. The van der Waals surface area contributed by atoms with E-state index in [9.17, 15) is 0 Å². The standard InChI is InChI=1S/C33H32N4O/c1-5-8-31-35-32-22(2)19-26(33-34-28-9-6-7-10-29(28)36(33)3)20-30(32)37(31)21-23-11-13-24(14-12-23)25-15-17-27(38-4)18-16-25/h6-7,9-20H,5,8,21H2,1-4H3. The number of aromatic nitrogens is 4. The van der Waals surface area contributed by atoms with Crippen LogP contribution in [0.4, 0.5) is 0 Å². The highest BCUT2D eigenvalue weighted by molar-refractivity contribution is 5.87. The average molecular weight is 501 g/mol. The highest BCUT2D eigenvalue weighted by atomic mass is 16.5. The minimum Gasteiger partial charge on any atom is -0.497 e. The molecule has 2 heterocycles. The number of aryl methyl sites for hydroxylation is 3. The van der Waals surface area contributed by atoms with Crippen molar-refractivity contribution >= 4 is 22.1 Å². The van der Waals surface area contributed by atoms with E-state index < -0.39 is 0 Å². The zero-order chi connectivity index (χ0) is 26.2. The Morgan fingerprint density at radius 1 is 0.789 bits per heavy atom. The summed E-state index contributed by atoms with van der Waals surface area (Å²) in [6.07, 6.45) is 2.00. The summed E-state index contributed by atoms with van der Waals surface area (Å²) in [5, 5.41) is 0. The summed E-state index contributed by atoms with van der Waals surface area (Å²) in [4.78, 5) is 10.1. The first-order valence-corrected chi connectivity index (χ1v) is 13.2. The van der Waals surface area contributed by atoms with Gasteiger partial charge in [0.15, 0.2) is 0 Å². The Balaban J connectivity index is 1.40. The Labute approximate surface area is 223 Å². The third-order valence-electron chi connectivity index (χ3n) is 7.36. The summed E-state index contributed by atoms with van der Waals surface area (Å²) < 4.78 is 9.87. The molecule has 38 heavy (non-hydrogen) atoms. The lowest BCUT2D eigenvalue weighted by atomic mass is 10.0. The van der Waals surface area contributed by atoms with Crippen LogP contribution in [0.15, 0.2) is 84.9 Å². The van der Waals surface area contributed by atoms with Crippen molar-refractivity contribution in [3.63, 3.8) is 0 Å².